The lowest BCUT2D eigenvalue weighted by atomic mass is 9.91. The first-order valence-corrected chi connectivity index (χ1v) is 13.2. The fourth-order valence-corrected chi connectivity index (χ4v) is 4.72. The van der Waals surface area contributed by atoms with E-state index < -0.39 is 11.9 Å². The van der Waals surface area contributed by atoms with E-state index >= 15 is 0 Å². The fourth-order valence-electron chi connectivity index (χ4n) is 4.72. The van der Waals surface area contributed by atoms with Gasteiger partial charge in [-0.15, -0.1) is 0 Å². The van der Waals surface area contributed by atoms with Crippen molar-refractivity contribution in [1.82, 2.24) is 35.7 Å². The number of hydrogen-bond donors (Lipinski definition) is 5. The number of unbranched alkanes of at least 4 members (excludes halogenated alkanes) is 1. The van der Waals surface area contributed by atoms with Crippen molar-refractivity contribution >= 4 is 17.9 Å². The van der Waals surface area contributed by atoms with Crippen LogP contribution >= 0.6 is 0 Å². The Bertz CT molecular complexity index is 1070. The van der Waals surface area contributed by atoms with Gasteiger partial charge in [-0.25, -0.2) is 19.2 Å². The number of halogens is 1. The molecule has 2 amide bonds. The van der Waals surface area contributed by atoms with Crippen molar-refractivity contribution in [3.63, 3.8) is 0 Å². The molecule has 11 nitrogen and oxygen atoms in total. The number of nitrogens with one attached hydrogen (secondary N) is 4. The summed E-state index contributed by atoms with van der Waals surface area (Å²) < 4.78 is 16.5. The number of nitrogens with zero attached hydrogens (tertiary/aromatic N) is 4. The molecule has 0 atom stereocenters. The largest absolute Gasteiger partial charge is 0.465 e. The molecule has 5 N–H and O–H groups in total. The highest BCUT2D eigenvalue weighted by Crippen LogP contribution is 2.36. The van der Waals surface area contributed by atoms with E-state index in [0.29, 0.717) is 37.1 Å². The highest BCUT2D eigenvalue weighted by atomic mass is 19.1. The van der Waals surface area contributed by atoms with E-state index in [1.54, 1.807) is 6.20 Å². The number of hydrogen-bond acceptors (Lipinski definition) is 7. The first-order valence-electron chi connectivity index (χ1n) is 13.2. The number of amides is 2. The summed E-state index contributed by atoms with van der Waals surface area (Å²) in [6.45, 7) is 1.17. The summed E-state index contributed by atoms with van der Waals surface area (Å²) >= 11 is 0. The minimum Gasteiger partial charge on any atom is -0.465 e. The SMILES string of the molecule is Cn1ncc(-c2nc(NC3CCC(NCC(=O)NCCCCNC(=O)O)CC3)ncc2F)c1CC1CC1. The Morgan fingerprint density at radius 3 is 2.46 bits per heavy atom. The molecule has 0 unspecified atom stereocenters. The van der Waals surface area contributed by atoms with Crippen molar-refractivity contribution in [1.29, 1.82) is 0 Å². The van der Waals surface area contributed by atoms with Crippen molar-refractivity contribution < 1.29 is 19.1 Å². The Balaban J connectivity index is 1.19. The van der Waals surface area contributed by atoms with Crippen LogP contribution in [0.5, 0.6) is 0 Å². The Labute approximate surface area is 216 Å². The Hall–Kier alpha value is -3.28. The van der Waals surface area contributed by atoms with Crippen LogP contribution in [0, 0.1) is 11.7 Å². The first-order chi connectivity index (χ1) is 17.9. The molecule has 37 heavy (non-hydrogen) atoms. The third kappa shape index (κ3) is 8.11. The second-order valence-electron chi connectivity index (χ2n) is 10.0. The zero-order chi connectivity index (χ0) is 26.2. The molecule has 0 saturated heterocycles. The van der Waals surface area contributed by atoms with E-state index in [4.69, 9.17) is 5.11 Å². The lowest BCUT2D eigenvalue weighted by molar-refractivity contribution is -0.120. The lowest BCUT2D eigenvalue weighted by Crippen LogP contribution is -2.42. The van der Waals surface area contributed by atoms with Gasteiger partial charge in [-0.05, 0) is 63.7 Å². The van der Waals surface area contributed by atoms with Crippen LogP contribution in [0.2, 0.25) is 0 Å². The minimum atomic E-state index is -1.03. The maximum Gasteiger partial charge on any atom is 0.404 e. The molecule has 2 aromatic heterocycles. The fraction of sp³-hybridized carbons (Fsp3) is 0.640. The maximum atomic E-state index is 14.7. The summed E-state index contributed by atoms with van der Waals surface area (Å²) in [4.78, 5) is 31.1. The third-order valence-electron chi connectivity index (χ3n) is 7.05. The average Bonchev–Trinajstić information content (AvgIpc) is 3.63. The molecule has 2 fully saturated rings. The molecular formula is C25H37FN8O3. The van der Waals surface area contributed by atoms with Gasteiger partial charge < -0.3 is 26.4 Å². The molecular weight excluding hydrogens is 479 g/mol. The predicted octanol–water partition coefficient (Wildman–Crippen LogP) is 2.45. The molecule has 2 heterocycles. The summed E-state index contributed by atoms with van der Waals surface area (Å²) in [6.07, 6.45) is 10.2. The molecule has 4 rings (SSSR count). The molecule has 0 bridgehead atoms. The topological polar surface area (TPSA) is 146 Å². The van der Waals surface area contributed by atoms with E-state index in [9.17, 15) is 14.0 Å². The number of rotatable bonds is 13. The van der Waals surface area contributed by atoms with Gasteiger partial charge in [-0.3, -0.25) is 9.48 Å². The van der Waals surface area contributed by atoms with Gasteiger partial charge in [0.15, 0.2) is 5.82 Å². The molecule has 202 valence electrons. The zero-order valence-electron chi connectivity index (χ0n) is 21.3. The third-order valence-corrected chi connectivity index (χ3v) is 7.05. The van der Waals surface area contributed by atoms with Crippen LogP contribution in [0.4, 0.5) is 15.1 Å². The van der Waals surface area contributed by atoms with Crippen LogP contribution in [-0.2, 0) is 18.3 Å². The highest BCUT2D eigenvalue weighted by Gasteiger charge is 2.27. The van der Waals surface area contributed by atoms with E-state index in [-0.39, 0.29) is 24.5 Å². The van der Waals surface area contributed by atoms with Crippen molar-refractivity contribution in [2.24, 2.45) is 13.0 Å². The number of carbonyl (C=O) groups excluding carboxylic acids is 1. The van der Waals surface area contributed by atoms with Crippen molar-refractivity contribution in [3.8, 4) is 11.3 Å². The minimum absolute atomic E-state index is 0.0601. The van der Waals surface area contributed by atoms with E-state index in [1.807, 2.05) is 11.7 Å². The summed E-state index contributed by atoms with van der Waals surface area (Å²) in [5, 5.41) is 24.7. The zero-order valence-corrected chi connectivity index (χ0v) is 21.3. The van der Waals surface area contributed by atoms with Crippen molar-refractivity contribution in [2.75, 3.05) is 25.0 Å². The van der Waals surface area contributed by atoms with Crippen molar-refractivity contribution in [3.05, 3.63) is 23.9 Å². The number of anilines is 1. The Kier molecular flexibility index (Phi) is 9.26. The van der Waals surface area contributed by atoms with Gasteiger partial charge in [-0.2, -0.15) is 5.10 Å². The average molecular weight is 517 g/mol. The van der Waals surface area contributed by atoms with Gasteiger partial charge in [-0.1, -0.05) is 0 Å². The molecule has 2 aliphatic rings. The number of carboxylic acid groups (broad SMARTS) is 1. The summed E-state index contributed by atoms with van der Waals surface area (Å²) in [5.41, 5.74) is 2.04. The molecule has 2 aromatic rings. The lowest BCUT2D eigenvalue weighted by Gasteiger charge is -2.29. The van der Waals surface area contributed by atoms with Crippen molar-refractivity contribution in [2.45, 2.75) is 69.9 Å². The molecule has 0 aromatic carbocycles. The quantitative estimate of drug-likeness (QED) is 0.255. The summed E-state index contributed by atoms with van der Waals surface area (Å²) in [7, 11) is 1.89. The normalized spacial score (nSPS) is 19.4. The second-order valence-corrected chi connectivity index (χ2v) is 10.0. The molecule has 12 heteroatoms. The molecule has 0 spiro atoms. The highest BCUT2D eigenvalue weighted by molar-refractivity contribution is 5.78. The van der Waals surface area contributed by atoms with Gasteiger partial charge >= 0.3 is 6.09 Å². The molecule has 2 saturated carbocycles. The number of aryl methyl sites for hydroxylation is 1. The number of carbonyl (C=O) groups is 2. The summed E-state index contributed by atoms with van der Waals surface area (Å²) in [6, 6.07) is 0.443. The molecule has 0 radical (unpaired) electrons. The summed E-state index contributed by atoms with van der Waals surface area (Å²) in [5.74, 6) is 0.570. The van der Waals surface area contributed by atoms with Crippen LogP contribution < -0.4 is 21.3 Å². The monoisotopic (exact) mass is 516 g/mol. The maximum absolute atomic E-state index is 14.7. The molecule has 2 aliphatic carbocycles. The van der Waals surface area contributed by atoms with Crippen LogP contribution in [0.15, 0.2) is 12.4 Å². The Morgan fingerprint density at radius 2 is 1.76 bits per heavy atom. The van der Waals surface area contributed by atoms with E-state index in [0.717, 1.165) is 49.8 Å². The second kappa shape index (κ2) is 12.8. The van der Waals surface area contributed by atoms with E-state index in [1.165, 1.54) is 19.0 Å². The standard InChI is InChI=1S/C25H37FN8O3/c1-34-21(12-16-4-5-16)19(13-31-34)23-20(26)14-30-24(33-23)32-18-8-6-17(7-9-18)29-15-22(35)27-10-2-3-11-28-25(36)37/h13-14,16-18,28-29H,2-12,15H2,1H3,(H,27,35)(H,36,37)(H,30,32,33). The van der Waals surface area contributed by atoms with Gasteiger partial charge in [0, 0.05) is 43.5 Å². The Morgan fingerprint density at radius 1 is 1.05 bits per heavy atom. The van der Waals surface area contributed by atoms with Crippen LogP contribution in [0.25, 0.3) is 11.3 Å². The van der Waals surface area contributed by atoms with Crippen LogP contribution in [0.3, 0.4) is 0 Å². The van der Waals surface area contributed by atoms with Crippen LogP contribution in [-0.4, -0.2) is 68.6 Å². The van der Waals surface area contributed by atoms with Gasteiger partial charge in [0.05, 0.1) is 18.9 Å². The van der Waals surface area contributed by atoms with Gasteiger partial charge in [0.25, 0.3) is 0 Å². The van der Waals surface area contributed by atoms with E-state index in [2.05, 4.69) is 36.3 Å². The first kappa shape index (κ1) is 26.8. The smallest absolute Gasteiger partial charge is 0.404 e. The number of aromatic nitrogens is 4. The molecule has 0 aliphatic heterocycles. The van der Waals surface area contributed by atoms with Gasteiger partial charge in [0.1, 0.15) is 5.69 Å². The van der Waals surface area contributed by atoms with Gasteiger partial charge in [0.2, 0.25) is 11.9 Å². The predicted molar refractivity (Wildman–Crippen MR) is 137 cm³/mol. The van der Waals surface area contributed by atoms with Crippen LogP contribution in [0.1, 0.15) is 57.1 Å².